The fourth-order valence-corrected chi connectivity index (χ4v) is 3.53. The molecule has 6 nitrogen and oxygen atoms in total. The van der Waals surface area contributed by atoms with Crippen LogP contribution in [0, 0.1) is 22.7 Å². The largest absolute Gasteiger partial charge is 0.308 e. The van der Waals surface area contributed by atoms with Gasteiger partial charge in [-0.1, -0.05) is 41.0 Å². The Hall–Kier alpha value is -2.14. The van der Waals surface area contributed by atoms with E-state index in [1.54, 1.807) is 28.8 Å². The van der Waals surface area contributed by atoms with Crippen molar-refractivity contribution in [1.82, 2.24) is 14.8 Å². The average Bonchev–Trinajstić information content (AvgIpc) is 2.96. The van der Waals surface area contributed by atoms with Gasteiger partial charge < -0.3 is 5.41 Å². The predicted molar refractivity (Wildman–Crippen MR) is 104 cm³/mol. The Morgan fingerprint density at radius 2 is 2.23 bits per heavy atom. The summed E-state index contributed by atoms with van der Waals surface area (Å²) in [6.45, 7) is 5.59. The number of nitriles is 1. The van der Waals surface area contributed by atoms with Crippen LogP contribution in [0.1, 0.15) is 6.92 Å². The van der Waals surface area contributed by atoms with Gasteiger partial charge in [-0.15, -0.1) is 16.8 Å². The lowest BCUT2D eigenvalue weighted by Gasteiger charge is -2.10. The molecule has 0 saturated heterocycles. The van der Waals surface area contributed by atoms with Crippen LogP contribution in [0.5, 0.6) is 0 Å². The van der Waals surface area contributed by atoms with Gasteiger partial charge in [-0.2, -0.15) is 5.26 Å². The number of allylic oxidation sites excluding steroid dienone is 1. The number of hydrogen-bond acceptors (Lipinski definition) is 6. The summed E-state index contributed by atoms with van der Waals surface area (Å²) >= 11 is 13.3. The summed E-state index contributed by atoms with van der Waals surface area (Å²) in [5, 5.41) is 26.3. The molecule has 134 valence electrons. The monoisotopic (exact) mass is 407 g/mol. The predicted octanol–water partition coefficient (Wildman–Crippen LogP) is 4.28. The molecule has 0 aliphatic carbocycles. The fraction of sp³-hybridized carbons (Fsp3) is 0.235. The van der Waals surface area contributed by atoms with Crippen molar-refractivity contribution in [3.05, 3.63) is 40.9 Å². The van der Waals surface area contributed by atoms with Crippen LogP contribution in [-0.2, 0) is 11.3 Å². The summed E-state index contributed by atoms with van der Waals surface area (Å²) in [6.07, 6.45) is 1.68. The number of nitrogens with zero attached hydrogens (tertiary/aromatic N) is 4. The number of carbonyl (C=O) groups excluding carboxylic acids is 1. The van der Waals surface area contributed by atoms with E-state index in [0.29, 0.717) is 33.1 Å². The van der Waals surface area contributed by atoms with Crippen LogP contribution in [0.3, 0.4) is 0 Å². The summed E-state index contributed by atoms with van der Waals surface area (Å²) in [4.78, 5) is 12.1. The number of rotatable bonds is 8. The van der Waals surface area contributed by atoms with Crippen molar-refractivity contribution in [2.75, 3.05) is 5.75 Å². The van der Waals surface area contributed by atoms with Crippen LogP contribution in [-0.4, -0.2) is 32.0 Å². The van der Waals surface area contributed by atoms with Gasteiger partial charge in [-0.25, -0.2) is 0 Å². The van der Waals surface area contributed by atoms with E-state index < -0.39 is 5.92 Å². The molecule has 0 aliphatic heterocycles. The first kappa shape index (κ1) is 20.2. The maximum atomic E-state index is 12.1. The number of ketones is 1. The molecule has 0 radical (unpaired) electrons. The Morgan fingerprint density at radius 3 is 2.81 bits per heavy atom. The van der Waals surface area contributed by atoms with E-state index in [0.717, 1.165) is 11.8 Å². The van der Waals surface area contributed by atoms with Crippen LogP contribution in [0.25, 0.3) is 11.4 Å². The number of hydrogen-bond donors (Lipinski definition) is 1. The highest BCUT2D eigenvalue weighted by molar-refractivity contribution is 7.99. The lowest BCUT2D eigenvalue weighted by molar-refractivity contribution is -0.117. The van der Waals surface area contributed by atoms with Crippen molar-refractivity contribution in [3.8, 4) is 17.5 Å². The molecule has 1 N–H and O–H groups in total. The normalized spacial score (nSPS) is 11.6. The Labute approximate surface area is 165 Å². The van der Waals surface area contributed by atoms with Crippen LogP contribution in [0.15, 0.2) is 36.0 Å². The topological polar surface area (TPSA) is 95.4 Å². The minimum absolute atomic E-state index is 0.0120. The molecule has 0 saturated carbocycles. The quantitative estimate of drug-likeness (QED) is 0.400. The fourth-order valence-electron chi connectivity index (χ4n) is 2.19. The minimum atomic E-state index is -1.04. The third kappa shape index (κ3) is 4.52. The molecule has 2 rings (SSSR count). The molecule has 1 atom stereocenters. The van der Waals surface area contributed by atoms with E-state index in [9.17, 15) is 4.79 Å². The molecule has 1 aromatic heterocycles. The standard InChI is InChI=1S/C17H15Cl2N5OS/c1-3-6-24-16(12-5-4-11(18)7-14(12)19)22-23-17(24)26-9-15(25)13(8-20)10(2)21/h3-5,7,13,21H,1,6,9H2,2H3. The number of thioether (sulfide) groups is 1. The smallest absolute Gasteiger partial charge is 0.192 e. The summed E-state index contributed by atoms with van der Waals surface area (Å²) in [5.74, 6) is -0.841. The molecule has 1 aromatic carbocycles. The van der Waals surface area contributed by atoms with Crippen LogP contribution in [0.2, 0.25) is 10.0 Å². The number of carbonyl (C=O) groups is 1. The maximum Gasteiger partial charge on any atom is 0.192 e. The van der Waals surface area contributed by atoms with Crippen LogP contribution >= 0.6 is 35.0 Å². The molecule has 9 heteroatoms. The second kappa shape index (κ2) is 8.99. The zero-order chi connectivity index (χ0) is 19.3. The van der Waals surface area contributed by atoms with E-state index >= 15 is 0 Å². The molecular formula is C17H15Cl2N5OS. The van der Waals surface area contributed by atoms with Gasteiger partial charge in [-0.3, -0.25) is 9.36 Å². The third-order valence-corrected chi connectivity index (χ3v) is 4.97. The van der Waals surface area contributed by atoms with E-state index in [-0.39, 0.29) is 17.2 Å². The highest BCUT2D eigenvalue weighted by Gasteiger charge is 2.22. The summed E-state index contributed by atoms with van der Waals surface area (Å²) in [7, 11) is 0. The molecule has 0 spiro atoms. The van der Waals surface area contributed by atoms with Crippen molar-refractivity contribution >= 4 is 46.5 Å². The first-order valence-corrected chi connectivity index (χ1v) is 9.22. The molecule has 0 bridgehead atoms. The SMILES string of the molecule is C=CCn1c(SCC(=O)C(C#N)C(C)=N)nnc1-c1ccc(Cl)cc1Cl. The maximum absolute atomic E-state index is 12.1. The Balaban J connectivity index is 2.29. The number of aromatic nitrogens is 3. The van der Waals surface area contributed by atoms with E-state index in [1.807, 2.05) is 6.07 Å². The molecule has 2 aromatic rings. The van der Waals surface area contributed by atoms with Gasteiger partial charge >= 0.3 is 0 Å². The molecule has 1 unspecified atom stereocenters. The number of benzene rings is 1. The van der Waals surface area contributed by atoms with Crippen molar-refractivity contribution in [1.29, 1.82) is 10.7 Å². The lowest BCUT2D eigenvalue weighted by Crippen LogP contribution is -2.21. The second-order valence-corrected chi connectivity index (χ2v) is 7.12. The Bertz CT molecular complexity index is 903. The van der Waals surface area contributed by atoms with E-state index in [4.69, 9.17) is 33.9 Å². The summed E-state index contributed by atoms with van der Waals surface area (Å²) in [5.41, 5.74) is 0.688. The van der Waals surface area contributed by atoms with Crippen molar-refractivity contribution < 1.29 is 4.79 Å². The number of nitrogens with one attached hydrogen (secondary N) is 1. The van der Waals surface area contributed by atoms with Gasteiger partial charge in [0, 0.05) is 22.8 Å². The van der Waals surface area contributed by atoms with Gasteiger partial charge in [-0.05, 0) is 25.1 Å². The highest BCUT2D eigenvalue weighted by Crippen LogP contribution is 2.31. The zero-order valence-corrected chi connectivity index (χ0v) is 16.2. The van der Waals surface area contributed by atoms with E-state index in [2.05, 4.69) is 16.8 Å². The van der Waals surface area contributed by atoms with Gasteiger partial charge in [0.1, 0.15) is 5.92 Å². The van der Waals surface area contributed by atoms with Gasteiger partial charge in [0.25, 0.3) is 0 Å². The van der Waals surface area contributed by atoms with Crippen molar-refractivity contribution in [2.24, 2.45) is 5.92 Å². The van der Waals surface area contributed by atoms with Crippen LogP contribution in [0.4, 0.5) is 0 Å². The van der Waals surface area contributed by atoms with Gasteiger partial charge in [0.2, 0.25) is 0 Å². The molecule has 26 heavy (non-hydrogen) atoms. The Morgan fingerprint density at radius 1 is 1.50 bits per heavy atom. The highest BCUT2D eigenvalue weighted by atomic mass is 35.5. The first-order chi connectivity index (χ1) is 12.4. The van der Waals surface area contributed by atoms with Crippen molar-refractivity contribution in [3.63, 3.8) is 0 Å². The molecule has 1 heterocycles. The van der Waals surface area contributed by atoms with Gasteiger partial charge in [0.15, 0.2) is 16.8 Å². The molecule has 0 fully saturated rings. The number of Topliss-reactive ketones (excluding diaryl/α,β-unsaturated/α-hetero) is 1. The zero-order valence-electron chi connectivity index (χ0n) is 13.9. The van der Waals surface area contributed by atoms with Crippen molar-refractivity contribution in [2.45, 2.75) is 18.6 Å². The molecular weight excluding hydrogens is 393 g/mol. The van der Waals surface area contributed by atoms with Crippen LogP contribution < -0.4 is 0 Å². The molecule has 0 aliphatic rings. The summed E-state index contributed by atoms with van der Waals surface area (Å²) < 4.78 is 1.78. The molecule has 0 amide bonds. The lowest BCUT2D eigenvalue weighted by atomic mass is 10.0. The second-order valence-electron chi connectivity index (χ2n) is 5.33. The number of halogens is 2. The average molecular weight is 408 g/mol. The minimum Gasteiger partial charge on any atom is -0.308 e. The van der Waals surface area contributed by atoms with E-state index in [1.165, 1.54) is 6.92 Å². The third-order valence-electron chi connectivity index (χ3n) is 3.43. The van der Waals surface area contributed by atoms with Gasteiger partial charge in [0.05, 0.1) is 16.8 Å². The Kier molecular flexibility index (Phi) is 6.98. The first-order valence-electron chi connectivity index (χ1n) is 7.48. The summed E-state index contributed by atoms with van der Waals surface area (Å²) in [6, 6.07) is 6.91.